The molecule has 1 aromatic carbocycles. The van der Waals surface area contributed by atoms with E-state index in [0.717, 1.165) is 45.0 Å². The molecule has 0 unspecified atom stereocenters. The number of hydrogen-bond donors (Lipinski definition) is 0. The normalized spacial score (nSPS) is 17.9. The maximum Gasteiger partial charge on any atom is 0.237 e. The lowest BCUT2D eigenvalue weighted by molar-refractivity contribution is -0.133. The van der Waals surface area contributed by atoms with Crippen LogP contribution in [-0.4, -0.2) is 44.9 Å². The van der Waals surface area contributed by atoms with Crippen molar-refractivity contribution in [2.75, 3.05) is 19.6 Å². The van der Waals surface area contributed by atoms with Gasteiger partial charge in [0.05, 0.1) is 13.1 Å². The van der Waals surface area contributed by atoms with Crippen molar-refractivity contribution < 1.29 is 4.79 Å². The number of nitrogens with zero attached hydrogens (tertiary/aromatic N) is 4. The van der Waals surface area contributed by atoms with E-state index in [-0.39, 0.29) is 5.91 Å². The first kappa shape index (κ1) is 13.5. The minimum absolute atomic E-state index is 0.231. The molecule has 0 radical (unpaired) electrons. The average molecular weight is 296 g/mol. The SMILES string of the molecule is O=C(CN1CCn2ccnc2C1)N1CCc2ccccc2C1. The fourth-order valence-corrected chi connectivity index (χ4v) is 3.36. The number of amides is 1. The molecule has 0 aliphatic carbocycles. The third-order valence-corrected chi connectivity index (χ3v) is 4.67. The second-order valence-corrected chi connectivity index (χ2v) is 6.08. The molecule has 114 valence electrons. The van der Waals surface area contributed by atoms with Gasteiger partial charge in [-0.05, 0) is 17.5 Å². The van der Waals surface area contributed by atoms with E-state index in [9.17, 15) is 4.79 Å². The van der Waals surface area contributed by atoms with Crippen molar-refractivity contribution in [3.8, 4) is 0 Å². The van der Waals surface area contributed by atoms with E-state index in [0.29, 0.717) is 6.54 Å². The molecule has 0 N–H and O–H groups in total. The molecule has 0 saturated heterocycles. The van der Waals surface area contributed by atoms with Gasteiger partial charge in [-0.1, -0.05) is 24.3 Å². The number of hydrogen-bond acceptors (Lipinski definition) is 3. The Kier molecular flexibility index (Phi) is 3.42. The lowest BCUT2D eigenvalue weighted by Crippen LogP contribution is -2.44. The highest BCUT2D eigenvalue weighted by Gasteiger charge is 2.24. The number of carbonyl (C=O) groups is 1. The van der Waals surface area contributed by atoms with Crippen LogP contribution in [0.3, 0.4) is 0 Å². The van der Waals surface area contributed by atoms with Gasteiger partial charge in [-0.2, -0.15) is 0 Å². The lowest BCUT2D eigenvalue weighted by Gasteiger charge is -2.32. The predicted octanol–water partition coefficient (Wildman–Crippen LogP) is 1.28. The highest BCUT2D eigenvalue weighted by molar-refractivity contribution is 5.78. The minimum atomic E-state index is 0.231. The zero-order valence-corrected chi connectivity index (χ0v) is 12.6. The van der Waals surface area contributed by atoms with Crippen LogP contribution in [-0.2, 0) is 30.8 Å². The number of carbonyl (C=O) groups excluding carboxylic acids is 1. The molecule has 22 heavy (non-hydrogen) atoms. The molecule has 3 heterocycles. The van der Waals surface area contributed by atoms with Gasteiger partial charge in [0, 0.05) is 38.6 Å². The smallest absolute Gasteiger partial charge is 0.237 e. The van der Waals surface area contributed by atoms with Gasteiger partial charge in [0.1, 0.15) is 5.82 Å². The highest BCUT2D eigenvalue weighted by Crippen LogP contribution is 2.19. The summed E-state index contributed by atoms with van der Waals surface area (Å²) in [7, 11) is 0. The summed E-state index contributed by atoms with van der Waals surface area (Å²) in [4.78, 5) is 21.1. The number of aromatic nitrogens is 2. The predicted molar refractivity (Wildman–Crippen MR) is 83.1 cm³/mol. The Hall–Kier alpha value is -2.14. The maximum atomic E-state index is 12.6. The van der Waals surface area contributed by atoms with Crippen LogP contribution in [0.15, 0.2) is 36.7 Å². The Morgan fingerprint density at radius 2 is 1.95 bits per heavy atom. The third kappa shape index (κ3) is 2.52. The molecule has 4 rings (SSSR count). The third-order valence-electron chi connectivity index (χ3n) is 4.67. The standard InChI is InChI=1S/C17H20N4O/c22-17(13-19-9-10-20-8-6-18-16(20)12-19)21-7-5-14-3-1-2-4-15(14)11-21/h1-4,6,8H,5,7,9-13H2. The Morgan fingerprint density at radius 3 is 2.86 bits per heavy atom. The van der Waals surface area contributed by atoms with E-state index in [1.807, 2.05) is 17.3 Å². The summed E-state index contributed by atoms with van der Waals surface area (Å²) in [6.07, 6.45) is 4.81. The maximum absolute atomic E-state index is 12.6. The van der Waals surface area contributed by atoms with Crippen LogP contribution in [0.1, 0.15) is 17.0 Å². The largest absolute Gasteiger partial charge is 0.337 e. The van der Waals surface area contributed by atoms with E-state index in [2.05, 4.69) is 38.7 Å². The van der Waals surface area contributed by atoms with Gasteiger partial charge in [0.2, 0.25) is 5.91 Å². The van der Waals surface area contributed by atoms with Crippen LogP contribution >= 0.6 is 0 Å². The van der Waals surface area contributed by atoms with Crippen LogP contribution in [0.2, 0.25) is 0 Å². The van der Waals surface area contributed by atoms with E-state index < -0.39 is 0 Å². The van der Waals surface area contributed by atoms with Crippen molar-refractivity contribution in [2.45, 2.75) is 26.1 Å². The molecule has 1 amide bonds. The van der Waals surface area contributed by atoms with Crippen LogP contribution in [0.5, 0.6) is 0 Å². The van der Waals surface area contributed by atoms with Crippen LogP contribution < -0.4 is 0 Å². The molecule has 1 aromatic heterocycles. The minimum Gasteiger partial charge on any atom is -0.337 e. The Bertz CT molecular complexity index is 693. The van der Waals surface area contributed by atoms with Crippen LogP contribution in [0.25, 0.3) is 0 Å². The monoisotopic (exact) mass is 296 g/mol. The summed E-state index contributed by atoms with van der Waals surface area (Å²) >= 11 is 0. The molecule has 2 aliphatic rings. The molecule has 0 saturated carbocycles. The molecule has 0 spiro atoms. The Morgan fingerprint density at radius 1 is 1.09 bits per heavy atom. The highest BCUT2D eigenvalue weighted by atomic mass is 16.2. The van der Waals surface area contributed by atoms with Gasteiger partial charge >= 0.3 is 0 Å². The Balaban J connectivity index is 1.39. The summed E-state index contributed by atoms with van der Waals surface area (Å²) in [5.41, 5.74) is 2.67. The molecular weight excluding hydrogens is 276 g/mol. The van der Waals surface area contributed by atoms with E-state index in [1.165, 1.54) is 11.1 Å². The summed E-state index contributed by atoms with van der Waals surface area (Å²) in [5.74, 6) is 1.29. The van der Waals surface area contributed by atoms with Gasteiger partial charge in [-0.25, -0.2) is 4.98 Å². The van der Waals surface area contributed by atoms with Gasteiger partial charge in [-0.15, -0.1) is 0 Å². The quantitative estimate of drug-likeness (QED) is 0.838. The van der Waals surface area contributed by atoms with Crippen LogP contribution in [0, 0.1) is 0 Å². The van der Waals surface area contributed by atoms with Crippen molar-refractivity contribution in [1.29, 1.82) is 0 Å². The van der Waals surface area contributed by atoms with Crippen molar-refractivity contribution in [2.24, 2.45) is 0 Å². The van der Waals surface area contributed by atoms with Gasteiger partial charge in [0.25, 0.3) is 0 Å². The first-order valence-corrected chi connectivity index (χ1v) is 7.86. The first-order valence-electron chi connectivity index (χ1n) is 7.86. The molecule has 2 aromatic rings. The summed E-state index contributed by atoms with van der Waals surface area (Å²) < 4.78 is 2.16. The number of fused-ring (bicyclic) bond motifs is 2. The molecule has 5 heteroatoms. The molecule has 0 atom stereocenters. The van der Waals surface area contributed by atoms with Crippen LogP contribution in [0.4, 0.5) is 0 Å². The molecule has 0 bridgehead atoms. The topological polar surface area (TPSA) is 41.4 Å². The first-order chi connectivity index (χ1) is 10.8. The van der Waals surface area contributed by atoms with E-state index >= 15 is 0 Å². The molecule has 0 fully saturated rings. The second-order valence-electron chi connectivity index (χ2n) is 6.08. The van der Waals surface area contributed by atoms with E-state index in [4.69, 9.17) is 0 Å². The Labute approximate surface area is 130 Å². The summed E-state index contributed by atoms with van der Waals surface area (Å²) in [5, 5.41) is 0. The average Bonchev–Trinajstić information content (AvgIpc) is 3.02. The van der Waals surface area contributed by atoms with Gasteiger partial charge < -0.3 is 9.47 Å². The second kappa shape index (κ2) is 5.57. The van der Waals surface area contributed by atoms with E-state index in [1.54, 1.807) is 0 Å². The molecule has 2 aliphatic heterocycles. The zero-order valence-electron chi connectivity index (χ0n) is 12.6. The van der Waals surface area contributed by atoms with Gasteiger partial charge in [0.15, 0.2) is 0 Å². The van der Waals surface area contributed by atoms with Crippen molar-refractivity contribution in [3.05, 3.63) is 53.6 Å². The number of imidazole rings is 1. The molecule has 5 nitrogen and oxygen atoms in total. The zero-order chi connectivity index (χ0) is 14.9. The lowest BCUT2D eigenvalue weighted by atomic mass is 10.00. The number of benzene rings is 1. The fraction of sp³-hybridized carbons (Fsp3) is 0.412. The van der Waals surface area contributed by atoms with Crippen molar-refractivity contribution >= 4 is 5.91 Å². The number of rotatable bonds is 2. The fourth-order valence-electron chi connectivity index (χ4n) is 3.36. The van der Waals surface area contributed by atoms with Gasteiger partial charge in [-0.3, -0.25) is 9.69 Å². The van der Waals surface area contributed by atoms with Crippen molar-refractivity contribution in [3.63, 3.8) is 0 Å². The van der Waals surface area contributed by atoms with Crippen molar-refractivity contribution in [1.82, 2.24) is 19.4 Å². The summed E-state index contributed by atoms with van der Waals surface area (Å²) in [6.45, 7) is 4.68. The molecular formula is C17H20N4O. The summed E-state index contributed by atoms with van der Waals surface area (Å²) in [6, 6.07) is 8.43.